The molecule has 1 heterocycles. The Bertz CT molecular complexity index is 528. The second kappa shape index (κ2) is 6.80. The maximum atomic E-state index is 11.4. The van der Waals surface area contributed by atoms with Crippen LogP contribution in [0, 0.1) is 0 Å². The molecule has 0 unspecified atom stereocenters. The summed E-state index contributed by atoms with van der Waals surface area (Å²) in [6, 6.07) is 11.1. The van der Waals surface area contributed by atoms with E-state index in [0.29, 0.717) is 11.5 Å². The molecule has 0 radical (unpaired) electrons. The van der Waals surface area contributed by atoms with Gasteiger partial charge in [0, 0.05) is 6.07 Å². The molecule has 0 aliphatic carbocycles. The van der Waals surface area contributed by atoms with Crippen molar-refractivity contribution in [3.05, 3.63) is 53.4 Å². The van der Waals surface area contributed by atoms with Gasteiger partial charge in [-0.2, -0.15) is 0 Å². The molecule has 0 saturated carbocycles. The Balaban J connectivity index is 1.73. The molecule has 19 heavy (non-hydrogen) atoms. The highest BCUT2D eigenvalue weighted by Crippen LogP contribution is 2.06. The number of rotatable bonds is 5. The fourth-order valence-electron chi connectivity index (χ4n) is 1.44. The molecule has 100 valence electrons. The highest BCUT2D eigenvalue weighted by Gasteiger charge is 2.06. The standard InChI is InChI=1S/C13H13ClN2O3/c14-7-11-6-12(19-16-11)8-15-13(17)18-9-10-4-2-1-3-5-10/h1-6H,7-9H2,(H,15,17). The van der Waals surface area contributed by atoms with E-state index in [2.05, 4.69) is 10.5 Å². The number of hydrogen-bond acceptors (Lipinski definition) is 4. The van der Waals surface area contributed by atoms with E-state index in [1.807, 2.05) is 30.3 Å². The molecule has 0 fully saturated rings. The van der Waals surface area contributed by atoms with Crippen molar-refractivity contribution in [1.82, 2.24) is 10.5 Å². The molecular weight excluding hydrogens is 268 g/mol. The summed E-state index contributed by atoms with van der Waals surface area (Å²) in [4.78, 5) is 11.4. The van der Waals surface area contributed by atoms with E-state index < -0.39 is 6.09 Å². The third-order valence-electron chi connectivity index (χ3n) is 2.36. The van der Waals surface area contributed by atoms with Gasteiger partial charge >= 0.3 is 6.09 Å². The minimum Gasteiger partial charge on any atom is -0.445 e. The number of ether oxygens (including phenoxy) is 1. The van der Waals surface area contributed by atoms with Gasteiger partial charge in [-0.1, -0.05) is 35.5 Å². The normalized spacial score (nSPS) is 10.2. The Morgan fingerprint density at radius 3 is 2.84 bits per heavy atom. The smallest absolute Gasteiger partial charge is 0.407 e. The largest absolute Gasteiger partial charge is 0.445 e. The molecule has 5 nitrogen and oxygen atoms in total. The molecule has 1 amide bonds. The summed E-state index contributed by atoms with van der Waals surface area (Å²) in [6.45, 7) is 0.452. The predicted octanol–water partition coefficient (Wildman–Crippen LogP) is 2.84. The van der Waals surface area contributed by atoms with Gasteiger partial charge in [0.15, 0.2) is 5.76 Å². The number of amides is 1. The monoisotopic (exact) mass is 280 g/mol. The van der Waals surface area contributed by atoms with E-state index in [1.165, 1.54) is 0 Å². The Morgan fingerprint density at radius 2 is 2.16 bits per heavy atom. The quantitative estimate of drug-likeness (QED) is 0.856. The summed E-state index contributed by atoms with van der Waals surface area (Å²) < 4.78 is 10.0. The molecule has 0 saturated heterocycles. The highest BCUT2D eigenvalue weighted by atomic mass is 35.5. The van der Waals surface area contributed by atoms with Crippen molar-refractivity contribution >= 4 is 17.7 Å². The molecule has 2 aromatic rings. The first kappa shape index (κ1) is 13.4. The number of carbonyl (C=O) groups excluding carboxylic acids is 1. The van der Waals surface area contributed by atoms with Crippen LogP contribution in [0.4, 0.5) is 4.79 Å². The van der Waals surface area contributed by atoms with Gasteiger partial charge < -0.3 is 14.6 Å². The highest BCUT2D eigenvalue weighted by molar-refractivity contribution is 6.16. The molecule has 0 aliphatic rings. The molecule has 6 heteroatoms. The first-order valence-corrected chi connectivity index (χ1v) is 6.26. The zero-order valence-corrected chi connectivity index (χ0v) is 10.9. The molecule has 2 rings (SSSR count). The van der Waals surface area contributed by atoms with Gasteiger partial charge in [-0.05, 0) is 5.56 Å². The number of halogens is 1. The second-order valence-corrected chi connectivity index (χ2v) is 4.10. The van der Waals surface area contributed by atoms with Gasteiger partial charge in [-0.3, -0.25) is 0 Å². The van der Waals surface area contributed by atoms with E-state index in [0.717, 1.165) is 5.56 Å². The summed E-state index contributed by atoms with van der Waals surface area (Å²) in [5.74, 6) is 0.814. The van der Waals surface area contributed by atoms with E-state index in [1.54, 1.807) is 6.07 Å². The van der Waals surface area contributed by atoms with Crippen molar-refractivity contribution in [1.29, 1.82) is 0 Å². The molecule has 1 aromatic heterocycles. The Kier molecular flexibility index (Phi) is 4.80. The van der Waals surface area contributed by atoms with Crippen LogP contribution in [-0.4, -0.2) is 11.2 Å². The summed E-state index contributed by atoms with van der Waals surface area (Å²) >= 11 is 5.59. The maximum absolute atomic E-state index is 11.4. The maximum Gasteiger partial charge on any atom is 0.407 e. The molecule has 0 atom stereocenters. The van der Waals surface area contributed by atoms with Gasteiger partial charge in [0.2, 0.25) is 0 Å². The Morgan fingerprint density at radius 1 is 1.37 bits per heavy atom. The molecule has 0 aliphatic heterocycles. The Hall–Kier alpha value is -2.01. The minimum atomic E-state index is -0.507. The number of carbonyl (C=O) groups is 1. The van der Waals surface area contributed by atoms with Crippen molar-refractivity contribution in [3.8, 4) is 0 Å². The van der Waals surface area contributed by atoms with Crippen LogP contribution in [0.1, 0.15) is 17.0 Å². The van der Waals surface area contributed by atoms with E-state index in [4.69, 9.17) is 20.9 Å². The van der Waals surface area contributed by atoms with Crippen LogP contribution in [0.2, 0.25) is 0 Å². The summed E-state index contributed by atoms with van der Waals surface area (Å²) in [7, 11) is 0. The van der Waals surface area contributed by atoms with Crippen molar-refractivity contribution in [2.45, 2.75) is 19.0 Å². The van der Waals surface area contributed by atoms with Crippen molar-refractivity contribution in [2.24, 2.45) is 0 Å². The summed E-state index contributed by atoms with van der Waals surface area (Å²) in [5.41, 5.74) is 1.57. The summed E-state index contributed by atoms with van der Waals surface area (Å²) in [6.07, 6.45) is -0.507. The van der Waals surface area contributed by atoms with Crippen LogP contribution >= 0.6 is 11.6 Å². The number of hydrogen-bond donors (Lipinski definition) is 1. The average molecular weight is 281 g/mol. The summed E-state index contributed by atoms with van der Waals surface area (Å²) in [5, 5.41) is 6.28. The van der Waals surface area contributed by atoms with Crippen LogP contribution < -0.4 is 5.32 Å². The number of nitrogens with zero attached hydrogens (tertiary/aromatic N) is 1. The number of aromatic nitrogens is 1. The van der Waals surface area contributed by atoms with Gasteiger partial charge in [0.1, 0.15) is 6.61 Å². The van der Waals surface area contributed by atoms with Crippen LogP contribution in [0.15, 0.2) is 40.9 Å². The van der Waals surface area contributed by atoms with Crippen LogP contribution in [0.3, 0.4) is 0 Å². The van der Waals surface area contributed by atoms with Gasteiger partial charge in [-0.15, -0.1) is 11.6 Å². The Labute approximate surface area is 115 Å². The number of benzene rings is 1. The lowest BCUT2D eigenvalue weighted by Crippen LogP contribution is -2.23. The lowest BCUT2D eigenvalue weighted by molar-refractivity contribution is 0.138. The zero-order chi connectivity index (χ0) is 13.5. The molecular formula is C13H13ClN2O3. The zero-order valence-electron chi connectivity index (χ0n) is 10.1. The number of alkyl halides is 1. The third kappa shape index (κ3) is 4.30. The second-order valence-electron chi connectivity index (χ2n) is 3.83. The van der Waals surface area contributed by atoms with E-state index in [-0.39, 0.29) is 19.0 Å². The number of nitrogens with one attached hydrogen (secondary N) is 1. The first-order chi connectivity index (χ1) is 9.28. The van der Waals surface area contributed by atoms with Crippen LogP contribution in [0.5, 0.6) is 0 Å². The molecule has 0 spiro atoms. The van der Waals surface area contributed by atoms with E-state index in [9.17, 15) is 4.79 Å². The van der Waals surface area contributed by atoms with Crippen molar-refractivity contribution in [2.75, 3.05) is 0 Å². The minimum absolute atomic E-state index is 0.220. The lowest BCUT2D eigenvalue weighted by Gasteiger charge is -2.05. The molecule has 1 N–H and O–H groups in total. The van der Waals surface area contributed by atoms with Gasteiger partial charge in [0.25, 0.3) is 0 Å². The number of alkyl carbamates (subject to hydrolysis) is 1. The topological polar surface area (TPSA) is 64.4 Å². The van der Waals surface area contributed by atoms with Crippen LogP contribution in [0.25, 0.3) is 0 Å². The van der Waals surface area contributed by atoms with Crippen LogP contribution in [-0.2, 0) is 23.8 Å². The van der Waals surface area contributed by atoms with Crippen molar-refractivity contribution < 1.29 is 14.1 Å². The first-order valence-electron chi connectivity index (χ1n) is 5.73. The molecule has 0 bridgehead atoms. The third-order valence-corrected chi connectivity index (χ3v) is 2.64. The van der Waals surface area contributed by atoms with Gasteiger partial charge in [0.05, 0.1) is 18.1 Å². The fourth-order valence-corrected chi connectivity index (χ4v) is 1.56. The van der Waals surface area contributed by atoms with E-state index >= 15 is 0 Å². The van der Waals surface area contributed by atoms with Crippen molar-refractivity contribution in [3.63, 3.8) is 0 Å². The van der Waals surface area contributed by atoms with Gasteiger partial charge in [-0.25, -0.2) is 4.79 Å². The fraction of sp³-hybridized carbons (Fsp3) is 0.231. The predicted molar refractivity (Wildman–Crippen MR) is 69.5 cm³/mol. The lowest BCUT2D eigenvalue weighted by atomic mass is 10.2. The SMILES string of the molecule is O=C(NCc1cc(CCl)no1)OCc1ccccc1. The molecule has 1 aromatic carbocycles. The average Bonchev–Trinajstić information content (AvgIpc) is 2.92.